The molecule has 0 fully saturated rings. The van der Waals surface area contributed by atoms with E-state index in [9.17, 15) is 9.59 Å². The van der Waals surface area contributed by atoms with Gasteiger partial charge in [-0.2, -0.15) is 4.98 Å². The summed E-state index contributed by atoms with van der Waals surface area (Å²) < 4.78 is 9.80. The highest BCUT2D eigenvalue weighted by Crippen LogP contribution is 2.30. The summed E-state index contributed by atoms with van der Waals surface area (Å²) in [4.78, 5) is 30.2. The lowest BCUT2D eigenvalue weighted by Gasteiger charge is -2.35. The molecule has 1 aromatic heterocycles. The molecule has 2 amide bonds. The molecule has 0 saturated heterocycles. The van der Waals surface area contributed by atoms with Crippen molar-refractivity contribution in [3.8, 4) is 0 Å². The SMILES string of the molecule is COC(=O)N1CCc2ccccc2[C@@H]1C(=O)NCc1nc(C)no1. The van der Waals surface area contributed by atoms with Crippen LogP contribution in [0.1, 0.15) is 28.9 Å². The van der Waals surface area contributed by atoms with Crippen molar-refractivity contribution in [1.82, 2.24) is 20.4 Å². The average molecular weight is 330 g/mol. The zero-order valence-electron chi connectivity index (χ0n) is 13.5. The first-order chi connectivity index (χ1) is 11.6. The van der Waals surface area contributed by atoms with Crippen molar-refractivity contribution in [3.63, 3.8) is 0 Å². The second-order valence-electron chi connectivity index (χ2n) is 5.47. The van der Waals surface area contributed by atoms with E-state index in [1.807, 2.05) is 24.3 Å². The number of carbonyl (C=O) groups is 2. The smallest absolute Gasteiger partial charge is 0.410 e. The molecule has 8 nitrogen and oxygen atoms in total. The van der Waals surface area contributed by atoms with Gasteiger partial charge in [-0.05, 0) is 24.5 Å². The summed E-state index contributed by atoms with van der Waals surface area (Å²) in [7, 11) is 1.30. The zero-order chi connectivity index (χ0) is 17.1. The van der Waals surface area contributed by atoms with Gasteiger partial charge in [-0.15, -0.1) is 0 Å². The lowest BCUT2D eigenvalue weighted by molar-refractivity contribution is -0.126. The van der Waals surface area contributed by atoms with E-state index in [0.29, 0.717) is 24.7 Å². The third-order valence-electron chi connectivity index (χ3n) is 3.92. The Kier molecular flexibility index (Phi) is 4.45. The Bertz CT molecular complexity index is 758. The molecule has 1 aliphatic heterocycles. The van der Waals surface area contributed by atoms with Crippen molar-refractivity contribution in [1.29, 1.82) is 0 Å². The summed E-state index contributed by atoms with van der Waals surface area (Å²) in [5.74, 6) is 0.497. The normalized spacial score (nSPS) is 16.4. The van der Waals surface area contributed by atoms with Crippen LogP contribution in [0.2, 0.25) is 0 Å². The molecule has 0 unspecified atom stereocenters. The van der Waals surface area contributed by atoms with Gasteiger partial charge in [-0.3, -0.25) is 9.69 Å². The third-order valence-corrected chi connectivity index (χ3v) is 3.92. The Hall–Kier alpha value is -2.90. The van der Waals surface area contributed by atoms with E-state index in [1.165, 1.54) is 12.0 Å². The number of carbonyl (C=O) groups excluding carboxylic acids is 2. The fourth-order valence-electron chi connectivity index (χ4n) is 2.83. The van der Waals surface area contributed by atoms with Crippen LogP contribution in [-0.4, -0.2) is 40.7 Å². The standard InChI is InChI=1S/C16H18N4O4/c1-10-18-13(24-19-10)9-17-15(21)14-12-6-4-3-5-11(12)7-8-20(14)16(22)23-2/h3-6,14H,7-9H2,1-2H3,(H,17,21)/t14-/m1/s1. The van der Waals surface area contributed by atoms with Crippen LogP contribution in [0.25, 0.3) is 0 Å². The second-order valence-corrected chi connectivity index (χ2v) is 5.47. The van der Waals surface area contributed by atoms with E-state index in [1.54, 1.807) is 6.92 Å². The zero-order valence-corrected chi connectivity index (χ0v) is 13.5. The maximum absolute atomic E-state index is 12.7. The van der Waals surface area contributed by atoms with Crippen LogP contribution in [0.4, 0.5) is 4.79 Å². The molecular formula is C16H18N4O4. The van der Waals surface area contributed by atoms with Gasteiger partial charge in [0.1, 0.15) is 6.04 Å². The van der Waals surface area contributed by atoms with Gasteiger partial charge in [0.25, 0.3) is 0 Å². The van der Waals surface area contributed by atoms with E-state index in [-0.39, 0.29) is 12.5 Å². The summed E-state index contributed by atoms with van der Waals surface area (Å²) in [6.07, 6.45) is 0.149. The van der Waals surface area contributed by atoms with Crippen molar-refractivity contribution in [2.75, 3.05) is 13.7 Å². The Morgan fingerprint density at radius 2 is 2.21 bits per heavy atom. The maximum atomic E-state index is 12.7. The first-order valence-corrected chi connectivity index (χ1v) is 7.59. The number of fused-ring (bicyclic) bond motifs is 1. The Labute approximate surface area is 138 Å². The van der Waals surface area contributed by atoms with Gasteiger partial charge in [0.05, 0.1) is 13.7 Å². The first-order valence-electron chi connectivity index (χ1n) is 7.59. The molecule has 8 heteroatoms. The van der Waals surface area contributed by atoms with Crippen molar-refractivity contribution in [2.45, 2.75) is 25.9 Å². The molecule has 0 radical (unpaired) electrons. The molecule has 1 aromatic carbocycles. The molecule has 0 spiro atoms. The summed E-state index contributed by atoms with van der Waals surface area (Å²) in [6, 6.07) is 6.84. The fraction of sp³-hybridized carbons (Fsp3) is 0.375. The van der Waals surface area contributed by atoms with Gasteiger partial charge in [-0.25, -0.2) is 4.79 Å². The van der Waals surface area contributed by atoms with Crippen LogP contribution in [0, 0.1) is 6.92 Å². The molecule has 24 heavy (non-hydrogen) atoms. The van der Waals surface area contributed by atoms with Gasteiger partial charge in [-0.1, -0.05) is 29.4 Å². The molecule has 2 heterocycles. The minimum atomic E-state index is -0.744. The third kappa shape index (κ3) is 3.08. The molecule has 3 rings (SSSR count). The molecule has 126 valence electrons. The monoisotopic (exact) mass is 330 g/mol. The lowest BCUT2D eigenvalue weighted by Crippen LogP contribution is -2.47. The molecule has 0 aliphatic carbocycles. The minimum Gasteiger partial charge on any atom is -0.453 e. The largest absolute Gasteiger partial charge is 0.453 e. The second kappa shape index (κ2) is 6.69. The average Bonchev–Trinajstić information content (AvgIpc) is 3.03. The molecule has 0 saturated carbocycles. The van der Waals surface area contributed by atoms with Crippen LogP contribution in [-0.2, 0) is 22.5 Å². The number of nitrogens with one attached hydrogen (secondary N) is 1. The summed E-state index contributed by atoms with van der Waals surface area (Å²) in [5, 5.41) is 6.42. The number of hydrogen-bond donors (Lipinski definition) is 1. The summed E-state index contributed by atoms with van der Waals surface area (Å²) in [6.45, 7) is 2.22. The number of rotatable bonds is 3. The predicted molar refractivity (Wildman–Crippen MR) is 82.9 cm³/mol. The Morgan fingerprint density at radius 1 is 1.42 bits per heavy atom. The van der Waals surface area contributed by atoms with Crippen molar-refractivity contribution in [2.24, 2.45) is 0 Å². The van der Waals surface area contributed by atoms with Crippen LogP contribution in [0.15, 0.2) is 28.8 Å². The Morgan fingerprint density at radius 3 is 2.92 bits per heavy atom. The van der Waals surface area contributed by atoms with Crippen molar-refractivity contribution >= 4 is 12.0 Å². The number of hydrogen-bond acceptors (Lipinski definition) is 6. The topological polar surface area (TPSA) is 97.6 Å². The van der Waals surface area contributed by atoms with Crippen molar-refractivity contribution < 1.29 is 18.8 Å². The van der Waals surface area contributed by atoms with Gasteiger partial charge >= 0.3 is 6.09 Å². The highest BCUT2D eigenvalue weighted by molar-refractivity contribution is 5.87. The lowest BCUT2D eigenvalue weighted by atomic mass is 9.92. The van der Waals surface area contributed by atoms with E-state index < -0.39 is 12.1 Å². The quantitative estimate of drug-likeness (QED) is 0.912. The number of aromatic nitrogens is 2. The van der Waals surface area contributed by atoms with Gasteiger partial charge < -0.3 is 14.6 Å². The van der Waals surface area contributed by atoms with Crippen LogP contribution >= 0.6 is 0 Å². The number of methoxy groups -OCH3 is 1. The van der Waals surface area contributed by atoms with E-state index in [4.69, 9.17) is 9.26 Å². The number of amides is 2. The summed E-state index contributed by atoms with van der Waals surface area (Å²) >= 11 is 0. The van der Waals surface area contributed by atoms with Gasteiger partial charge in [0.15, 0.2) is 5.82 Å². The fourth-order valence-corrected chi connectivity index (χ4v) is 2.83. The molecule has 1 aliphatic rings. The number of ether oxygens (including phenoxy) is 1. The van der Waals surface area contributed by atoms with E-state index in [0.717, 1.165) is 11.1 Å². The number of aryl methyl sites for hydroxylation is 1. The van der Waals surface area contributed by atoms with E-state index in [2.05, 4.69) is 15.5 Å². The van der Waals surface area contributed by atoms with Crippen LogP contribution < -0.4 is 5.32 Å². The molecule has 2 aromatic rings. The summed E-state index contributed by atoms with van der Waals surface area (Å²) in [5.41, 5.74) is 1.85. The Balaban J connectivity index is 1.82. The molecule has 0 bridgehead atoms. The predicted octanol–water partition coefficient (Wildman–Crippen LogP) is 1.36. The minimum absolute atomic E-state index is 0.105. The van der Waals surface area contributed by atoms with Crippen LogP contribution in [0.5, 0.6) is 0 Å². The molecule has 1 N–H and O–H groups in total. The molecule has 1 atom stereocenters. The van der Waals surface area contributed by atoms with Gasteiger partial charge in [0.2, 0.25) is 11.8 Å². The van der Waals surface area contributed by atoms with Crippen molar-refractivity contribution in [3.05, 3.63) is 47.1 Å². The highest BCUT2D eigenvalue weighted by atomic mass is 16.5. The van der Waals surface area contributed by atoms with E-state index >= 15 is 0 Å². The molecular weight excluding hydrogens is 312 g/mol. The van der Waals surface area contributed by atoms with Gasteiger partial charge in [0, 0.05) is 6.54 Å². The number of benzene rings is 1. The first kappa shape index (κ1) is 16.0. The maximum Gasteiger partial charge on any atom is 0.410 e. The highest BCUT2D eigenvalue weighted by Gasteiger charge is 2.36. The van der Waals surface area contributed by atoms with Crippen LogP contribution in [0.3, 0.4) is 0 Å². The number of nitrogens with zero attached hydrogens (tertiary/aromatic N) is 3.